The monoisotopic (exact) mass is 329 g/mol. The number of aromatic nitrogens is 2. The summed E-state index contributed by atoms with van der Waals surface area (Å²) in [7, 11) is 1.65. The molecule has 118 valence electrons. The molecule has 1 aromatic carbocycles. The molecule has 0 bridgehead atoms. The van der Waals surface area contributed by atoms with Gasteiger partial charge in [0.2, 0.25) is 5.89 Å². The smallest absolute Gasteiger partial charge is 0.257 e. The topological polar surface area (TPSA) is 60.6 Å². The van der Waals surface area contributed by atoms with Crippen LogP contribution >= 0.6 is 11.3 Å². The number of hydrogen-bond acceptors (Lipinski definition) is 7. The third kappa shape index (κ3) is 2.75. The highest BCUT2D eigenvalue weighted by molar-refractivity contribution is 7.13. The van der Waals surface area contributed by atoms with Crippen molar-refractivity contribution in [1.29, 1.82) is 0 Å². The van der Waals surface area contributed by atoms with Gasteiger partial charge in [-0.25, -0.2) is 0 Å². The maximum absolute atomic E-state index is 5.78. The van der Waals surface area contributed by atoms with Gasteiger partial charge in [0.25, 0.3) is 5.89 Å². The predicted octanol–water partition coefficient (Wildman–Crippen LogP) is 3.21. The number of hydrogen-bond donors (Lipinski definition) is 0. The van der Waals surface area contributed by atoms with E-state index in [4.69, 9.17) is 13.9 Å². The van der Waals surface area contributed by atoms with Crippen LogP contribution in [0.2, 0.25) is 0 Å². The molecule has 0 saturated heterocycles. The molecule has 0 aliphatic carbocycles. The zero-order chi connectivity index (χ0) is 15.6. The molecule has 1 aliphatic rings. The largest absolute Gasteiger partial charge is 0.497 e. The van der Waals surface area contributed by atoms with Crippen molar-refractivity contribution in [2.75, 3.05) is 25.2 Å². The van der Waals surface area contributed by atoms with Gasteiger partial charge in [-0.2, -0.15) is 0 Å². The molecular formula is C16H15N3O3S. The average Bonchev–Trinajstić information content (AvgIpc) is 3.26. The van der Waals surface area contributed by atoms with Crippen LogP contribution in [0.4, 0.5) is 5.69 Å². The third-order valence-electron chi connectivity index (χ3n) is 3.65. The Morgan fingerprint density at radius 3 is 3.09 bits per heavy atom. The van der Waals surface area contributed by atoms with E-state index < -0.39 is 0 Å². The van der Waals surface area contributed by atoms with E-state index in [1.165, 1.54) is 0 Å². The van der Waals surface area contributed by atoms with Crippen LogP contribution in [0.15, 0.2) is 40.1 Å². The van der Waals surface area contributed by atoms with Gasteiger partial charge in [0.15, 0.2) is 0 Å². The normalized spacial score (nSPS) is 13.5. The number of methoxy groups -OCH3 is 1. The lowest BCUT2D eigenvalue weighted by Gasteiger charge is -2.30. The first-order valence-corrected chi connectivity index (χ1v) is 8.13. The highest BCUT2D eigenvalue weighted by Crippen LogP contribution is 2.35. The SMILES string of the molecule is COc1ccc2c(c1)N(Cc1nnc(-c3cccs3)o1)CCO2. The molecule has 0 spiro atoms. The molecule has 0 fully saturated rings. The van der Waals surface area contributed by atoms with Gasteiger partial charge in [-0.15, -0.1) is 21.5 Å². The first-order chi connectivity index (χ1) is 11.3. The van der Waals surface area contributed by atoms with Crippen LogP contribution in [0.25, 0.3) is 10.8 Å². The van der Waals surface area contributed by atoms with Gasteiger partial charge in [-0.3, -0.25) is 0 Å². The lowest BCUT2D eigenvalue weighted by Crippen LogP contribution is -2.32. The maximum atomic E-state index is 5.78. The summed E-state index contributed by atoms with van der Waals surface area (Å²) in [5.74, 6) is 2.79. The van der Waals surface area contributed by atoms with Crippen LogP contribution in [-0.4, -0.2) is 30.5 Å². The van der Waals surface area contributed by atoms with E-state index in [0.29, 0.717) is 24.9 Å². The molecule has 0 atom stereocenters. The van der Waals surface area contributed by atoms with Crippen molar-refractivity contribution >= 4 is 17.0 Å². The Balaban J connectivity index is 1.58. The standard InChI is InChI=1S/C16H15N3O3S/c1-20-11-4-5-13-12(9-11)19(6-7-21-13)10-15-17-18-16(22-15)14-3-2-8-23-14/h2-5,8-9H,6-7,10H2,1H3. The molecule has 0 amide bonds. The molecule has 2 aromatic heterocycles. The minimum absolute atomic E-state index is 0.544. The van der Waals surface area contributed by atoms with Crippen LogP contribution in [0.1, 0.15) is 5.89 Å². The van der Waals surface area contributed by atoms with Gasteiger partial charge in [-0.1, -0.05) is 6.07 Å². The third-order valence-corrected chi connectivity index (χ3v) is 4.51. The molecule has 0 unspecified atom stereocenters. The minimum Gasteiger partial charge on any atom is -0.497 e. The number of thiophene rings is 1. The maximum Gasteiger partial charge on any atom is 0.257 e. The summed E-state index contributed by atoms with van der Waals surface area (Å²) in [5.41, 5.74) is 0.978. The van der Waals surface area contributed by atoms with Crippen molar-refractivity contribution in [2.24, 2.45) is 0 Å². The summed E-state index contributed by atoms with van der Waals surface area (Å²) >= 11 is 1.58. The molecular weight excluding hydrogens is 314 g/mol. The van der Waals surface area contributed by atoms with E-state index in [9.17, 15) is 0 Å². The van der Waals surface area contributed by atoms with Crippen molar-refractivity contribution < 1.29 is 13.9 Å². The number of fused-ring (bicyclic) bond motifs is 1. The summed E-state index contributed by atoms with van der Waals surface area (Å²) in [6.45, 7) is 1.93. The van der Waals surface area contributed by atoms with Gasteiger partial charge in [-0.05, 0) is 23.6 Å². The molecule has 0 saturated carbocycles. The Labute approximate surface area is 137 Å². The second-order valence-electron chi connectivity index (χ2n) is 5.08. The van der Waals surface area contributed by atoms with Crippen LogP contribution in [0.3, 0.4) is 0 Å². The van der Waals surface area contributed by atoms with Crippen molar-refractivity contribution in [2.45, 2.75) is 6.54 Å². The van der Waals surface area contributed by atoms with Gasteiger partial charge in [0.1, 0.15) is 18.1 Å². The molecule has 23 heavy (non-hydrogen) atoms. The molecule has 0 radical (unpaired) electrons. The number of ether oxygens (including phenoxy) is 2. The van der Waals surface area contributed by atoms with Crippen molar-refractivity contribution in [3.05, 3.63) is 41.6 Å². The summed E-state index contributed by atoms with van der Waals surface area (Å²) < 4.78 is 16.8. The molecule has 3 aromatic rings. The van der Waals surface area contributed by atoms with Gasteiger partial charge in [0.05, 0.1) is 30.8 Å². The molecule has 6 nitrogen and oxygen atoms in total. The van der Waals surface area contributed by atoms with Crippen LogP contribution < -0.4 is 14.4 Å². The first kappa shape index (κ1) is 14.1. The van der Waals surface area contributed by atoms with E-state index in [1.807, 2.05) is 35.7 Å². The van der Waals surface area contributed by atoms with E-state index in [1.54, 1.807) is 18.4 Å². The van der Waals surface area contributed by atoms with Crippen LogP contribution in [0.5, 0.6) is 11.5 Å². The molecule has 4 rings (SSSR count). The Morgan fingerprint density at radius 1 is 1.30 bits per heavy atom. The van der Waals surface area contributed by atoms with Gasteiger partial charge < -0.3 is 18.8 Å². The molecule has 3 heterocycles. The van der Waals surface area contributed by atoms with Crippen molar-refractivity contribution in [3.63, 3.8) is 0 Å². The zero-order valence-electron chi connectivity index (χ0n) is 12.6. The van der Waals surface area contributed by atoms with Crippen molar-refractivity contribution in [3.8, 4) is 22.3 Å². The lowest BCUT2D eigenvalue weighted by molar-refractivity contribution is 0.303. The fourth-order valence-electron chi connectivity index (χ4n) is 2.52. The Bertz CT molecular complexity index is 801. The number of benzene rings is 1. The van der Waals surface area contributed by atoms with E-state index in [0.717, 1.165) is 28.6 Å². The molecule has 1 aliphatic heterocycles. The van der Waals surface area contributed by atoms with E-state index in [-0.39, 0.29) is 0 Å². The lowest BCUT2D eigenvalue weighted by atomic mass is 10.2. The summed E-state index contributed by atoms with van der Waals surface area (Å²) in [6.07, 6.45) is 0. The summed E-state index contributed by atoms with van der Waals surface area (Å²) in [5, 5.41) is 10.3. The average molecular weight is 329 g/mol. The highest BCUT2D eigenvalue weighted by atomic mass is 32.1. The van der Waals surface area contributed by atoms with Crippen molar-refractivity contribution in [1.82, 2.24) is 10.2 Å². The fraction of sp³-hybridized carbons (Fsp3) is 0.250. The number of rotatable bonds is 4. The van der Waals surface area contributed by atoms with Gasteiger partial charge >= 0.3 is 0 Å². The van der Waals surface area contributed by atoms with Crippen LogP contribution in [0, 0.1) is 0 Å². The zero-order valence-corrected chi connectivity index (χ0v) is 13.4. The number of nitrogens with zero attached hydrogens (tertiary/aromatic N) is 3. The molecule has 7 heteroatoms. The van der Waals surface area contributed by atoms with E-state index >= 15 is 0 Å². The van der Waals surface area contributed by atoms with Gasteiger partial charge in [0, 0.05) is 6.07 Å². The fourth-order valence-corrected chi connectivity index (χ4v) is 3.17. The second kappa shape index (κ2) is 5.92. The Morgan fingerprint density at radius 2 is 2.26 bits per heavy atom. The predicted molar refractivity (Wildman–Crippen MR) is 87.2 cm³/mol. The minimum atomic E-state index is 0.544. The second-order valence-corrected chi connectivity index (χ2v) is 6.03. The summed E-state index contributed by atoms with van der Waals surface area (Å²) in [6, 6.07) is 9.71. The first-order valence-electron chi connectivity index (χ1n) is 7.25. The van der Waals surface area contributed by atoms with Crippen LogP contribution in [-0.2, 0) is 6.54 Å². The number of anilines is 1. The Kier molecular flexibility index (Phi) is 3.63. The quantitative estimate of drug-likeness (QED) is 0.732. The highest BCUT2D eigenvalue weighted by Gasteiger charge is 2.21. The molecule has 0 N–H and O–H groups in total. The van der Waals surface area contributed by atoms with E-state index in [2.05, 4.69) is 15.1 Å². The Hall–Kier alpha value is -2.54. The summed E-state index contributed by atoms with van der Waals surface area (Å²) in [4.78, 5) is 3.14.